The van der Waals surface area contributed by atoms with Crippen molar-refractivity contribution in [2.45, 2.75) is 139 Å². The fourth-order valence-corrected chi connectivity index (χ4v) is 4.33. The summed E-state index contributed by atoms with van der Waals surface area (Å²) in [5.41, 5.74) is -0.202. The second-order valence-corrected chi connectivity index (χ2v) is 13.5. The predicted molar refractivity (Wildman–Crippen MR) is 125 cm³/mol. The van der Waals surface area contributed by atoms with E-state index in [4.69, 9.17) is 0 Å². The first-order valence-electron chi connectivity index (χ1n) is 11.1. The Balaban J connectivity index is 5.57. The standard InChI is InChI=1S/C25H52N2O/c1-19(2)27(23(9,10)11)20(28)24(12,13)16-17-25(14,15)26(22(6,7)8)18-21(3,4)5/h19H,16-18H2,1-15H3. The highest BCUT2D eigenvalue weighted by Crippen LogP contribution is 2.37. The molecule has 0 saturated heterocycles. The first kappa shape index (κ1) is 27.4. The van der Waals surface area contributed by atoms with Crippen molar-refractivity contribution in [1.82, 2.24) is 9.80 Å². The fraction of sp³-hybridized carbons (Fsp3) is 0.960. The maximum absolute atomic E-state index is 13.5. The number of hydrogen-bond donors (Lipinski definition) is 0. The first-order valence-corrected chi connectivity index (χ1v) is 11.1. The monoisotopic (exact) mass is 396 g/mol. The van der Waals surface area contributed by atoms with Gasteiger partial charge in [-0.05, 0) is 87.5 Å². The molecular formula is C25H52N2O. The molecule has 168 valence electrons. The molecule has 3 nitrogen and oxygen atoms in total. The van der Waals surface area contributed by atoms with Gasteiger partial charge in [0.25, 0.3) is 0 Å². The molecule has 1 amide bonds. The number of hydrogen-bond acceptors (Lipinski definition) is 2. The molecule has 0 fully saturated rings. The molecule has 0 unspecified atom stereocenters. The quantitative estimate of drug-likeness (QED) is 0.475. The smallest absolute Gasteiger partial charge is 0.228 e. The summed E-state index contributed by atoms with van der Waals surface area (Å²) in [5.74, 6) is 0.268. The van der Waals surface area contributed by atoms with E-state index in [0.717, 1.165) is 19.4 Å². The van der Waals surface area contributed by atoms with Crippen molar-refractivity contribution in [2.75, 3.05) is 6.54 Å². The summed E-state index contributed by atoms with van der Waals surface area (Å²) >= 11 is 0. The lowest BCUT2D eigenvalue weighted by Gasteiger charge is -2.51. The Morgan fingerprint density at radius 2 is 1.14 bits per heavy atom. The van der Waals surface area contributed by atoms with E-state index in [-0.39, 0.29) is 39.4 Å². The van der Waals surface area contributed by atoms with Crippen LogP contribution in [0, 0.1) is 10.8 Å². The average Bonchev–Trinajstić information content (AvgIpc) is 2.38. The van der Waals surface area contributed by atoms with Crippen molar-refractivity contribution in [3.05, 3.63) is 0 Å². The molecular weight excluding hydrogens is 344 g/mol. The molecule has 0 spiro atoms. The van der Waals surface area contributed by atoms with Gasteiger partial charge in [-0.25, -0.2) is 0 Å². The molecule has 0 rings (SSSR count). The zero-order chi connectivity index (χ0) is 22.9. The number of nitrogens with zero attached hydrogens (tertiary/aromatic N) is 2. The zero-order valence-corrected chi connectivity index (χ0v) is 22.0. The van der Waals surface area contributed by atoms with Crippen LogP contribution in [0.4, 0.5) is 0 Å². The van der Waals surface area contributed by atoms with E-state index in [9.17, 15) is 4.79 Å². The molecule has 0 heterocycles. The van der Waals surface area contributed by atoms with Gasteiger partial charge in [-0.15, -0.1) is 0 Å². The van der Waals surface area contributed by atoms with Crippen LogP contribution < -0.4 is 0 Å². The number of carbonyl (C=O) groups is 1. The molecule has 0 atom stereocenters. The van der Waals surface area contributed by atoms with Crippen LogP contribution in [-0.4, -0.2) is 44.9 Å². The summed E-state index contributed by atoms with van der Waals surface area (Å²) in [7, 11) is 0. The van der Waals surface area contributed by atoms with Gasteiger partial charge >= 0.3 is 0 Å². The van der Waals surface area contributed by atoms with Gasteiger partial charge in [0.05, 0.1) is 0 Å². The van der Waals surface area contributed by atoms with E-state index < -0.39 is 0 Å². The summed E-state index contributed by atoms with van der Waals surface area (Å²) in [4.78, 5) is 18.2. The van der Waals surface area contributed by atoms with E-state index in [1.807, 2.05) is 0 Å². The van der Waals surface area contributed by atoms with Gasteiger partial charge in [-0.2, -0.15) is 0 Å². The van der Waals surface area contributed by atoms with Crippen LogP contribution in [0.5, 0.6) is 0 Å². The zero-order valence-electron chi connectivity index (χ0n) is 22.0. The molecule has 0 aliphatic carbocycles. The molecule has 0 aromatic carbocycles. The molecule has 3 heteroatoms. The SMILES string of the molecule is CC(C)N(C(=O)C(C)(C)CCC(C)(C)N(CC(C)(C)C)C(C)(C)C)C(C)(C)C. The van der Waals surface area contributed by atoms with Crippen molar-refractivity contribution in [1.29, 1.82) is 0 Å². The Labute approximate surface area is 177 Å². The van der Waals surface area contributed by atoms with Crippen molar-refractivity contribution in [3.8, 4) is 0 Å². The minimum atomic E-state index is -0.375. The van der Waals surface area contributed by atoms with Gasteiger partial charge in [0.15, 0.2) is 0 Å². The summed E-state index contributed by atoms with van der Waals surface area (Å²) in [6, 6.07) is 0.201. The molecule has 28 heavy (non-hydrogen) atoms. The van der Waals surface area contributed by atoms with Crippen LogP contribution in [0.1, 0.15) is 117 Å². The Morgan fingerprint density at radius 3 is 1.43 bits per heavy atom. The Bertz CT molecular complexity index is 510. The molecule has 0 bridgehead atoms. The number of carbonyl (C=O) groups excluding carboxylic acids is 1. The summed E-state index contributed by atoms with van der Waals surface area (Å²) in [6.45, 7) is 34.4. The predicted octanol–water partition coefficient (Wildman–Crippen LogP) is 6.75. The maximum Gasteiger partial charge on any atom is 0.228 e. The summed E-state index contributed by atoms with van der Waals surface area (Å²) < 4.78 is 0. The molecule has 0 aromatic heterocycles. The molecule has 0 aromatic rings. The van der Waals surface area contributed by atoms with Crippen LogP contribution in [0.25, 0.3) is 0 Å². The lowest BCUT2D eigenvalue weighted by atomic mass is 9.78. The lowest BCUT2D eigenvalue weighted by molar-refractivity contribution is -0.148. The largest absolute Gasteiger partial charge is 0.335 e. The van der Waals surface area contributed by atoms with Crippen LogP contribution in [0.3, 0.4) is 0 Å². The minimum absolute atomic E-state index is 0.0213. The van der Waals surface area contributed by atoms with Gasteiger partial charge in [0.2, 0.25) is 5.91 Å². The number of rotatable bonds is 7. The second kappa shape index (κ2) is 8.66. The lowest BCUT2D eigenvalue weighted by Crippen LogP contribution is -2.57. The first-order chi connectivity index (χ1) is 12.0. The molecule has 0 radical (unpaired) electrons. The Kier molecular flexibility index (Phi) is 8.48. The van der Waals surface area contributed by atoms with E-state index >= 15 is 0 Å². The summed E-state index contributed by atoms with van der Waals surface area (Å²) in [5, 5.41) is 0. The Hall–Kier alpha value is -0.570. The summed E-state index contributed by atoms with van der Waals surface area (Å²) in [6.07, 6.45) is 1.88. The van der Waals surface area contributed by atoms with Gasteiger partial charge in [-0.3, -0.25) is 9.69 Å². The van der Waals surface area contributed by atoms with E-state index in [1.165, 1.54) is 0 Å². The van der Waals surface area contributed by atoms with E-state index in [2.05, 4.69) is 114 Å². The van der Waals surface area contributed by atoms with Crippen molar-refractivity contribution in [3.63, 3.8) is 0 Å². The van der Waals surface area contributed by atoms with Crippen LogP contribution in [0.15, 0.2) is 0 Å². The third-order valence-electron chi connectivity index (χ3n) is 5.57. The highest BCUT2D eigenvalue weighted by molar-refractivity contribution is 5.82. The molecule has 0 aliphatic heterocycles. The maximum atomic E-state index is 13.5. The molecule has 0 N–H and O–H groups in total. The van der Waals surface area contributed by atoms with Gasteiger partial charge in [0.1, 0.15) is 0 Å². The number of amides is 1. The van der Waals surface area contributed by atoms with Gasteiger partial charge < -0.3 is 4.90 Å². The van der Waals surface area contributed by atoms with Crippen LogP contribution >= 0.6 is 0 Å². The third kappa shape index (κ3) is 8.05. The van der Waals surface area contributed by atoms with Crippen molar-refractivity contribution >= 4 is 5.91 Å². The van der Waals surface area contributed by atoms with Crippen LogP contribution in [-0.2, 0) is 4.79 Å². The average molecular weight is 397 g/mol. The van der Waals surface area contributed by atoms with Crippen molar-refractivity contribution < 1.29 is 4.79 Å². The van der Waals surface area contributed by atoms with E-state index in [1.54, 1.807) is 0 Å². The second-order valence-electron chi connectivity index (χ2n) is 13.5. The fourth-order valence-electron chi connectivity index (χ4n) is 4.33. The topological polar surface area (TPSA) is 23.6 Å². The highest BCUT2D eigenvalue weighted by atomic mass is 16.2. The van der Waals surface area contributed by atoms with Crippen LogP contribution in [0.2, 0.25) is 0 Å². The van der Waals surface area contributed by atoms with Gasteiger partial charge in [-0.1, -0.05) is 34.6 Å². The molecule has 0 aliphatic rings. The van der Waals surface area contributed by atoms with Crippen molar-refractivity contribution in [2.24, 2.45) is 10.8 Å². The normalized spacial score (nSPS) is 14.8. The highest BCUT2D eigenvalue weighted by Gasteiger charge is 2.42. The van der Waals surface area contributed by atoms with E-state index in [0.29, 0.717) is 0 Å². The minimum Gasteiger partial charge on any atom is -0.335 e. The third-order valence-corrected chi connectivity index (χ3v) is 5.57. The Morgan fingerprint density at radius 1 is 0.714 bits per heavy atom. The molecule has 0 saturated carbocycles. The van der Waals surface area contributed by atoms with Gasteiger partial charge in [0, 0.05) is 34.6 Å².